The number of nitrogens with one attached hydrogen (secondary N) is 1. The molecule has 3 rings (SSSR count). The van der Waals surface area contributed by atoms with Crippen molar-refractivity contribution in [3.05, 3.63) is 36.0 Å². The Morgan fingerprint density at radius 1 is 1.48 bits per heavy atom. The summed E-state index contributed by atoms with van der Waals surface area (Å²) in [5.74, 6) is 0.411. The van der Waals surface area contributed by atoms with Crippen LogP contribution in [0.3, 0.4) is 0 Å². The lowest BCUT2D eigenvalue weighted by Gasteiger charge is -2.09. The molecule has 0 unspecified atom stereocenters. The molecular weight excluding hydrogens is 293 g/mol. The van der Waals surface area contributed by atoms with Crippen molar-refractivity contribution in [3.63, 3.8) is 0 Å². The molecule has 1 aliphatic carbocycles. The highest BCUT2D eigenvalue weighted by Gasteiger charge is 2.30. The summed E-state index contributed by atoms with van der Waals surface area (Å²) in [5, 5.41) is 10.5. The van der Waals surface area contributed by atoms with Gasteiger partial charge in [-0.1, -0.05) is 17.8 Å². The molecule has 1 saturated carbocycles. The Hall–Kier alpha value is -1.89. The number of anilines is 1. The summed E-state index contributed by atoms with van der Waals surface area (Å²) in [6.45, 7) is 1.74. The second-order valence-corrected chi connectivity index (χ2v) is 6.23. The number of halogens is 1. The number of aromatic nitrogens is 2. The molecule has 1 atom stereocenters. The van der Waals surface area contributed by atoms with Gasteiger partial charge in [-0.3, -0.25) is 4.79 Å². The minimum atomic E-state index is -0.416. The molecule has 1 aliphatic rings. The van der Waals surface area contributed by atoms with Crippen molar-refractivity contribution in [1.82, 2.24) is 10.2 Å². The van der Waals surface area contributed by atoms with Gasteiger partial charge in [0.05, 0.1) is 5.25 Å². The lowest BCUT2D eigenvalue weighted by Crippen LogP contribution is -2.22. The highest BCUT2D eigenvalue weighted by molar-refractivity contribution is 8.00. The van der Waals surface area contributed by atoms with Gasteiger partial charge in [0.15, 0.2) is 0 Å². The molecule has 1 aromatic carbocycles. The van der Waals surface area contributed by atoms with E-state index in [0.717, 1.165) is 12.8 Å². The van der Waals surface area contributed by atoms with Gasteiger partial charge in [0.25, 0.3) is 5.22 Å². The third kappa shape index (κ3) is 3.60. The van der Waals surface area contributed by atoms with Crippen LogP contribution in [0.2, 0.25) is 0 Å². The second kappa shape index (κ2) is 5.85. The van der Waals surface area contributed by atoms with Crippen LogP contribution in [0.4, 0.5) is 10.1 Å². The number of rotatable bonds is 5. The Balaban J connectivity index is 1.58. The van der Waals surface area contributed by atoms with E-state index in [0.29, 0.717) is 22.7 Å². The number of carbonyl (C=O) groups is 1. The molecule has 110 valence electrons. The summed E-state index contributed by atoms with van der Waals surface area (Å²) in [5.41, 5.74) is 0.427. The van der Waals surface area contributed by atoms with Crippen LogP contribution < -0.4 is 5.32 Å². The van der Waals surface area contributed by atoms with Crippen molar-refractivity contribution in [2.45, 2.75) is 36.2 Å². The molecule has 2 aromatic rings. The van der Waals surface area contributed by atoms with Crippen LogP contribution in [-0.4, -0.2) is 21.4 Å². The molecule has 1 amide bonds. The monoisotopic (exact) mass is 307 g/mol. The molecule has 1 aromatic heterocycles. The summed E-state index contributed by atoms with van der Waals surface area (Å²) >= 11 is 1.20. The SMILES string of the molecule is C[C@H](Sc1nnc(C2CC2)o1)C(=O)Nc1cccc(F)c1. The molecule has 1 fully saturated rings. The highest BCUT2D eigenvalue weighted by Crippen LogP contribution is 2.40. The number of benzene rings is 1. The van der Waals surface area contributed by atoms with Crippen molar-refractivity contribution < 1.29 is 13.6 Å². The van der Waals surface area contributed by atoms with Crippen molar-refractivity contribution in [2.75, 3.05) is 5.32 Å². The number of amides is 1. The number of hydrogen-bond donors (Lipinski definition) is 1. The Morgan fingerprint density at radius 2 is 2.29 bits per heavy atom. The van der Waals surface area contributed by atoms with E-state index in [1.807, 2.05) is 0 Å². The third-order valence-electron chi connectivity index (χ3n) is 3.09. The van der Waals surface area contributed by atoms with E-state index in [4.69, 9.17) is 4.42 Å². The number of nitrogens with zero attached hydrogens (tertiary/aromatic N) is 2. The molecule has 0 spiro atoms. The van der Waals surface area contributed by atoms with Crippen molar-refractivity contribution in [3.8, 4) is 0 Å². The van der Waals surface area contributed by atoms with E-state index in [-0.39, 0.29) is 11.7 Å². The topological polar surface area (TPSA) is 68.0 Å². The van der Waals surface area contributed by atoms with Gasteiger partial charge in [-0.05, 0) is 38.0 Å². The van der Waals surface area contributed by atoms with Crippen molar-refractivity contribution in [1.29, 1.82) is 0 Å². The van der Waals surface area contributed by atoms with Gasteiger partial charge in [0.1, 0.15) is 5.82 Å². The average Bonchev–Trinajstić information content (AvgIpc) is 3.19. The number of thioether (sulfide) groups is 1. The summed E-state index contributed by atoms with van der Waals surface area (Å²) in [4.78, 5) is 12.0. The first kappa shape index (κ1) is 14.1. The maximum absolute atomic E-state index is 13.1. The van der Waals surface area contributed by atoms with Gasteiger partial charge < -0.3 is 9.73 Å². The molecule has 5 nitrogen and oxygen atoms in total. The molecule has 1 heterocycles. The van der Waals surface area contributed by atoms with Gasteiger partial charge in [0, 0.05) is 11.6 Å². The molecule has 1 N–H and O–H groups in total. The van der Waals surface area contributed by atoms with E-state index in [1.54, 1.807) is 19.1 Å². The van der Waals surface area contributed by atoms with E-state index >= 15 is 0 Å². The molecule has 0 aliphatic heterocycles. The van der Waals surface area contributed by atoms with Crippen LogP contribution in [0.25, 0.3) is 0 Å². The maximum Gasteiger partial charge on any atom is 0.277 e. The molecule has 0 saturated heterocycles. The number of hydrogen-bond acceptors (Lipinski definition) is 5. The highest BCUT2D eigenvalue weighted by atomic mass is 32.2. The van der Waals surface area contributed by atoms with Crippen LogP contribution in [0.1, 0.15) is 31.6 Å². The van der Waals surface area contributed by atoms with Crippen LogP contribution in [0.5, 0.6) is 0 Å². The minimum Gasteiger partial charge on any atom is -0.416 e. The fourth-order valence-corrected chi connectivity index (χ4v) is 2.47. The van der Waals surface area contributed by atoms with Crippen molar-refractivity contribution >= 4 is 23.4 Å². The zero-order valence-electron chi connectivity index (χ0n) is 11.4. The lowest BCUT2D eigenvalue weighted by atomic mass is 10.3. The summed E-state index contributed by atoms with van der Waals surface area (Å²) in [7, 11) is 0. The zero-order chi connectivity index (χ0) is 14.8. The van der Waals surface area contributed by atoms with E-state index in [9.17, 15) is 9.18 Å². The summed E-state index contributed by atoms with van der Waals surface area (Å²) in [6, 6.07) is 5.78. The van der Waals surface area contributed by atoms with E-state index in [1.165, 1.54) is 23.9 Å². The summed E-state index contributed by atoms with van der Waals surface area (Å²) in [6.07, 6.45) is 2.17. The first-order chi connectivity index (χ1) is 10.1. The fourth-order valence-electron chi connectivity index (χ4n) is 1.78. The van der Waals surface area contributed by atoms with Gasteiger partial charge in [-0.25, -0.2) is 4.39 Å². The predicted octanol–water partition coefficient (Wildman–Crippen LogP) is 3.21. The lowest BCUT2D eigenvalue weighted by molar-refractivity contribution is -0.115. The van der Waals surface area contributed by atoms with Crippen LogP contribution in [0, 0.1) is 5.82 Å². The molecule has 7 heteroatoms. The van der Waals surface area contributed by atoms with Gasteiger partial charge >= 0.3 is 0 Å². The van der Waals surface area contributed by atoms with Gasteiger partial charge in [-0.15, -0.1) is 10.2 Å². The summed E-state index contributed by atoms with van der Waals surface area (Å²) < 4.78 is 18.6. The molecule has 0 radical (unpaired) electrons. The first-order valence-electron chi connectivity index (χ1n) is 6.68. The normalized spacial score (nSPS) is 15.7. The Labute approximate surface area is 125 Å². The van der Waals surface area contributed by atoms with Crippen molar-refractivity contribution in [2.24, 2.45) is 0 Å². The standard InChI is InChI=1S/C14H14FN3O2S/c1-8(12(19)16-11-4-2-3-10(15)7-11)21-14-18-17-13(20-14)9-5-6-9/h2-4,7-9H,5-6H2,1H3,(H,16,19)/t8-/m0/s1. The van der Waals surface area contributed by atoms with Crippen LogP contribution in [0.15, 0.2) is 33.9 Å². The Bertz CT molecular complexity index is 657. The van der Waals surface area contributed by atoms with Gasteiger partial charge in [-0.2, -0.15) is 0 Å². The van der Waals surface area contributed by atoms with E-state index < -0.39 is 5.25 Å². The first-order valence-corrected chi connectivity index (χ1v) is 7.56. The fraction of sp³-hybridized carbons (Fsp3) is 0.357. The Kier molecular flexibility index (Phi) is 3.92. The van der Waals surface area contributed by atoms with Gasteiger partial charge in [0.2, 0.25) is 11.8 Å². The van der Waals surface area contributed by atoms with Crippen LogP contribution >= 0.6 is 11.8 Å². The number of carbonyl (C=O) groups excluding carboxylic acids is 1. The molecular formula is C14H14FN3O2S. The molecule has 0 bridgehead atoms. The Morgan fingerprint density at radius 3 is 3.00 bits per heavy atom. The van der Waals surface area contributed by atoms with E-state index in [2.05, 4.69) is 15.5 Å². The smallest absolute Gasteiger partial charge is 0.277 e. The maximum atomic E-state index is 13.1. The zero-order valence-corrected chi connectivity index (χ0v) is 12.2. The second-order valence-electron chi connectivity index (χ2n) is 4.94. The third-order valence-corrected chi connectivity index (χ3v) is 4.02. The minimum absolute atomic E-state index is 0.239. The average molecular weight is 307 g/mol. The van der Waals surface area contributed by atoms with Crippen LogP contribution in [-0.2, 0) is 4.79 Å². The largest absolute Gasteiger partial charge is 0.416 e. The predicted molar refractivity (Wildman–Crippen MR) is 76.6 cm³/mol. The molecule has 21 heavy (non-hydrogen) atoms. The quantitative estimate of drug-likeness (QED) is 0.859.